The molecule has 0 bridgehead atoms. The molecule has 1 N–H and O–H groups in total. The Bertz CT molecular complexity index is 664. The van der Waals surface area contributed by atoms with Crippen LogP contribution in [0.3, 0.4) is 0 Å². The Labute approximate surface area is 129 Å². The van der Waals surface area contributed by atoms with E-state index in [1.165, 1.54) is 0 Å². The highest BCUT2D eigenvalue weighted by atomic mass is 35.5. The van der Waals surface area contributed by atoms with Gasteiger partial charge >= 0.3 is 5.97 Å². The molecule has 2 rings (SSSR count). The van der Waals surface area contributed by atoms with Crippen LogP contribution >= 0.6 is 11.6 Å². The summed E-state index contributed by atoms with van der Waals surface area (Å²) in [7, 11) is 0. The molecule has 112 valence electrons. The molecular formula is C16H19ClN2O2. The number of aliphatic carboxylic acids is 1. The zero-order valence-electron chi connectivity index (χ0n) is 12.4. The maximum Gasteiger partial charge on any atom is 0.311 e. The molecule has 1 aromatic heterocycles. The van der Waals surface area contributed by atoms with Crippen LogP contribution in [0.15, 0.2) is 24.3 Å². The highest BCUT2D eigenvalue weighted by molar-refractivity contribution is 6.31. The second-order valence-corrected chi connectivity index (χ2v) is 5.49. The topological polar surface area (TPSA) is 55.1 Å². The van der Waals surface area contributed by atoms with Crippen LogP contribution in [0.1, 0.15) is 35.4 Å². The van der Waals surface area contributed by atoms with Crippen molar-refractivity contribution in [2.45, 2.75) is 39.7 Å². The SMILES string of the molecule is CCn1nc(C)c(Cl)c1CC(C(=O)O)c1ccccc1C. The number of halogens is 1. The lowest BCUT2D eigenvalue weighted by Gasteiger charge is -2.16. The third-order valence-electron chi connectivity index (χ3n) is 3.71. The highest BCUT2D eigenvalue weighted by Crippen LogP contribution is 2.29. The summed E-state index contributed by atoms with van der Waals surface area (Å²) in [6.45, 7) is 6.40. The second-order valence-electron chi connectivity index (χ2n) is 5.11. The normalized spacial score (nSPS) is 12.4. The van der Waals surface area contributed by atoms with E-state index in [2.05, 4.69) is 5.10 Å². The van der Waals surface area contributed by atoms with E-state index in [1.54, 1.807) is 4.68 Å². The summed E-state index contributed by atoms with van der Waals surface area (Å²) in [5, 5.41) is 14.5. The quantitative estimate of drug-likeness (QED) is 0.918. The van der Waals surface area contributed by atoms with Crippen molar-refractivity contribution in [3.05, 3.63) is 51.8 Å². The summed E-state index contributed by atoms with van der Waals surface area (Å²) in [5.74, 6) is -1.47. The smallest absolute Gasteiger partial charge is 0.311 e. The van der Waals surface area contributed by atoms with E-state index in [4.69, 9.17) is 11.6 Å². The minimum atomic E-state index is -0.845. The Morgan fingerprint density at radius 1 is 1.38 bits per heavy atom. The predicted octanol–water partition coefficient (Wildman–Crippen LogP) is 3.58. The second kappa shape index (κ2) is 6.31. The predicted molar refractivity (Wildman–Crippen MR) is 82.9 cm³/mol. The van der Waals surface area contributed by atoms with Gasteiger partial charge in [-0.15, -0.1) is 0 Å². The van der Waals surface area contributed by atoms with Crippen LogP contribution in [0, 0.1) is 13.8 Å². The fourth-order valence-corrected chi connectivity index (χ4v) is 2.78. The minimum absolute atomic E-state index is 0.341. The molecule has 0 fully saturated rings. The molecule has 0 radical (unpaired) electrons. The number of aromatic nitrogens is 2. The van der Waals surface area contributed by atoms with Crippen LogP contribution in [0.25, 0.3) is 0 Å². The number of benzene rings is 1. The van der Waals surface area contributed by atoms with E-state index in [0.717, 1.165) is 22.5 Å². The Hall–Kier alpha value is -1.81. The van der Waals surface area contributed by atoms with E-state index < -0.39 is 11.9 Å². The van der Waals surface area contributed by atoms with Gasteiger partial charge in [-0.25, -0.2) is 0 Å². The number of nitrogens with zero attached hydrogens (tertiary/aromatic N) is 2. The molecule has 0 aliphatic carbocycles. The van der Waals surface area contributed by atoms with Gasteiger partial charge in [-0.2, -0.15) is 5.10 Å². The largest absolute Gasteiger partial charge is 0.481 e. The van der Waals surface area contributed by atoms with Crippen LogP contribution in [-0.4, -0.2) is 20.9 Å². The van der Waals surface area contributed by atoms with Crippen LogP contribution < -0.4 is 0 Å². The van der Waals surface area contributed by atoms with Gasteiger partial charge in [0.2, 0.25) is 0 Å². The summed E-state index contributed by atoms with van der Waals surface area (Å²) < 4.78 is 1.78. The van der Waals surface area contributed by atoms with Gasteiger partial charge < -0.3 is 5.11 Å². The maximum absolute atomic E-state index is 11.7. The first-order valence-electron chi connectivity index (χ1n) is 6.95. The standard InChI is InChI=1S/C16H19ClN2O2/c1-4-19-14(15(17)11(3)18-19)9-13(16(20)21)12-8-6-5-7-10(12)2/h5-8,13H,4,9H2,1-3H3,(H,20,21). The van der Waals surface area contributed by atoms with Crippen LogP contribution in [0.4, 0.5) is 0 Å². The molecule has 0 aliphatic heterocycles. The van der Waals surface area contributed by atoms with Crippen molar-refractivity contribution < 1.29 is 9.90 Å². The molecular weight excluding hydrogens is 288 g/mol. The summed E-state index contributed by atoms with van der Waals surface area (Å²) in [6.07, 6.45) is 0.341. The van der Waals surface area contributed by atoms with Crippen molar-refractivity contribution in [3.8, 4) is 0 Å². The number of hydrogen-bond donors (Lipinski definition) is 1. The third kappa shape index (κ3) is 3.10. The van der Waals surface area contributed by atoms with Gasteiger partial charge in [0.15, 0.2) is 0 Å². The molecule has 0 aliphatic rings. The van der Waals surface area contributed by atoms with Crippen molar-refractivity contribution in [1.82, 2.24) is 9.78 Å². The zero-order valence-corrected chi connectivity index (χ0v) is 13.2. The van der Waals surface area contributed by atoms with Gasteiger partial charge in [-0.3, -0.25) is 9.48 Å². The van der Waals surface area contributed by atoms with Crippen LogP contribution in [-0.2, 0) is 17.8 Å². The van der Waals surface area contributed by atoms with Crippen molar-refractivity contribution in [2.24, 2.45) is 0 Å². The molecule has 21 heavy (non-hydrogen) atoms. The average Bonchev–Trinajstić information content (AvgIpc) is 2.72. The van der Waals surface area contributed by atoms with E-state index in [1.807, 2.05) is 45.0 Å². The molecule has 1 heterocycles. The minimum Gasteiger partial charge on any atom is -0.481 e. The number of aryl methyl sites for hydroxylation is 3. The zero-order chi connectivity index (χ0) is 15.6. The Kier molecular flexibility index (Phi) is 4.68. The summed E-state index contributed by atoms with van der Waals surface area (Å²) in [6, 6.07) is 7.56. The molecule has 1 atom stereocenters. The average molecular weight is 307 g/mol. The molecule has 5 heteroatoms. The van der Waals surface area contributed by atoms with E-state index >= 15 is 0 Å². The summed E-state index contributed by atoms with van der Waals surface area (Å²) in [4.78, 5) is 11.7. The van der Waals surface area contributed by atoms with Crippen LogP contribution in [0.5, 0.6) is 0 Å². The fraction of sp³-hybridized carbons (Fsp3) is 0.375. The van der Waals surface area contributed by atoms with Gasteiger partial charge in [-0.05, 0) is 31.9 Å². The first kappa shape index (κ1) is 15.6. The van der Waals surface area contributed by atoms with E-state index in [-0.39, 0.29) is 0 Å². The van der Waals surface area contributed by atoms with E-state index in [0.29, 0.717) is 18.0 Å². The van der Waals surface area contributed by atoms with Gasteiger partial charge in [0.05, 0.1) is 22.3 Å². The number of carbonyl (C=O) groups is 1. The first-order chi connectivity index (χ1) is 9.95. The molecule has 2 aromatic rings. The number of rotatable bonds is 5. The fourth-order valence-electron chi connectivity index (χ4n) is 2.57. The molecule has 0 saturated carbocycles. The number of carboxylic acid groups (broad SMARTS) is 1. The van der Waals surface area contributed by atoms with Gasteiger partial charge in [0.1, 0.15) is 0 Å². The molecule has 1 aromatic carbocycles. The first-order valence-corrected chi connectivity index (χ1v) is 7.33. The molecule has 4 nitrogen and oxygen atoms in total. The lowest BCUT2D eigenvalue weighted by molar-refractivity contribution is -0.138. The monoisotopic (exact) mass is 306 g/mol. The Balaban J connectivity index is 2.43. The van der Waals surface area contributed by atoms with Crippen molar-refractivity contribution in [1.29, 1.82) is 0 Å². The van der Waals surface area contributed by atoms with Crippen molar-refractivity contribution in [3.63, 3.8) is 0 Å². The lowest BCUT2D eigenvalue weighted by Crippen LogP contribution is -2.18. The summed E-state index contributed by atoms with van der Waals surface area (Å²) in [5.41, 5.74) is 3.32. The maximum atomic E-state index is 11.7. The molecule has 0 amide bonds. The van der Waals surface area contributed by atoms with Gasteiger partial charge in [0, 0.05) is 13.0 Å². The molecule has 1 unspecified atom stereocenters. The van der Waals surface area contributed by atoms with E-state index in [9.17, 15) is 9.90 Å². The number of carboxylic acids is 1. The Morgan fingerprint density at radius 2 is 2.05 bits per heavy atom. The van der Waals surface area contributed by atoms with Crippen molar-refractivity contribution in [2.75, 3.05) is 0 Å². The highest BCUT2D eigenvalue weighted by Gasteiger charge is 2.25. The third-order valence-corrected chi connectivity index (χ3v) is 4.20. The van der Waals surface area contributed by atoms with Crippen molar-refractivity contribution >= 4 is 17.6 Å². The van der Waals surface area contributed by atoms with Gasteiger partial charge in [0.25, 0.3) is 0 Å². The molecule has 0 spiro atoms. The lowest BCUT2D eigenvalue weighted by atomic mass is 9.91. The summed E-state index contributed by atoms with van der Waals surface area (Å²) >= 11 is 6.29. The van der Waals surface area contributed by atoms with Crippen LogP contribution in [0.2, 0.25) is 5.02 Å². The number of hydrogen-bond acceptors (Lipinski definition) is 2. The Morgan fingerprint density at radius 3 is 2.62 bits per heavy atom. The van der Waals surface area contributed by atoms with Gasteiger partial charge in [-0.1, -0.05) is 35.9 Å². The molecule has 0 saturated heterocycles.